The van der Waals surface area contributed by atoms with Crippen LogP contribution in [0.1, 0.15) is 20.3 Å². The van der Waals surface area contributed by atoms with Crippen LogP contribution in [0.15, 0.2) is 35.5 Å². The number of carbonyl (C=O) groups is 3. The normalized spacial score (nSPS) is 18.3. The third kappa shape index (κ3) is 4.10. The van der Waals surface area contributed by atoms with E-state index in [4.69, 9.17) is 16.3 Å². The Labute approximate surface area is 138 Å². The highest BCUT2D eigenvalue weighted by Crippen LogP contribution is 2.28. The lowest BCUT2D eigenvalue weighted by Gasteiger charge is -2.16. The molecule has 1 saturated heterocycles. The van der Waals surface area contributed by atoms with E-state index in [0.29, 0.717) is 16.4 Å². The van der Waals surface area contributed by atoms with E-state index >= 15 is 0 Å². The first-order valence-corrected chi connectivity index (χ1v) is 7.45. The highest BCUT2D eigenvalue weighted by atomic mass is 35.5. The van der Waals surface area contributed by atoms with Crippen molar-refractivity contribution in [2.75, 3.05) is 11.9 Å². The maximum atomic E-state index is 12.2. The first-order valence-electron chi connectivity index (χ1n) is 7.07. The zero-order valence-electron chi connectivity index (χ0n) is 12.7. The van der Waals surface area contributed by atoms with Gasteiger partial charge in [-0.25, -0.2) is 4.79 Å². The third-order valence-electron chi connectivity index (χ3n) is 3.29. The number of carbonyl (C=O) groups excluding carboxylic acids is 3. The number of ether oxygens (including phenoxy) is 2. The number of rotatable bonds is 5. The molecule has 1 heterocycles. The summed E-state index contributed by atoms with van der Waals surface area (Å²) in [5, 5.41) is 3.60. The third-order valence-corrected chi connectivity index (χ3v) is 3.55. The summed E-state index contributed by atoms with van der Waals surface area (Å²) in [4.78, 5) is 35.3. The van der Waals surface area contributed by atoms with Crippen LogP contribution in [0, 0.1) is 5.92 Å². The van der Waals surface area contributed by atoms with Gasteiger partial charge in [-0.15, -0.1) is 0 Å². The van der Waals surface area contributed by atoms with E-state index in [1.165, 1.54) is 0 Å². The van der Waals surface area contributed by atoms with Gasteiger partial charge in [-0.2, -0.15) is 0 Å². The smallest absolute Gasteiger partial charge is 0.336 e. The molecule has 0 aliphatic carbocycles. The average molecular weight is 338 g/mol. The fourth-order valence-corrected chi connectivity index (χ4v) is 2.40. The van der Waals surface area contributed by atoms with Crippen molar-refractivity contribution >= 4 is 35.2 Å². The Bertz CT molecular complexity index is 666. The minimum Gasteiger partial charge on any atom is -0.463 e. The zero-order chi connectivity index (χ0) is 17.0. The lowest BCUT2D eigenvalue weighted by molar-refractivity contribution is -0.153. The van der Waals surface area contributed by atoms with Crippen LogP contribution in [0.4, 0.5) is 5.69 Å². The van der Waals surface area contributed by atoms with Gasteiger partial charge in [0.15, 0.2) is 0 Å². The van der Waals surface area contributed by atoms with Crippen molar-refractivity contribution in [2.24, 2.45) is 5.92 Å². The topological polar surface area (TPSA) is 81.7 Å². The second kappa shape index (κ2) is 7.28. The molecule has 7 heteroatoms. The summed E-state index contributed by atoms with van der Waals surface area (Å²) in [5.74, 6) is -3.00. The minimum absolute atomic E-state index is 0.0950. The highest BCUT2D eigenvalue weighted by molar-refractivity contribution is 6.30. The second-order valence-electron chi connectivity index (χ2n) is 4.94. The fraction of sp³-hybridized carbons (Fsp3) is 0.312. The van der Waals surface area contributed by atoms with Crippen molar-refractivity contribution in [3.8, 4) is 0 Å². The van der Waals surface area contributed by atoms with Gasteiger partial charge in [0, 0.05) is 16.4 Å². The summed E-state index contributed by atoms with van der Waals surface area (Å²) < 4.78 is 9.54. The number of cyclic esters (lactones) is 2. The van der Waals surface area contributed by atoms with E-state index in [0.717, 1.165) is 0 Å². The van der Waals surface area contributed by atoms with Gasteiger partial charge in [0.1, 0.15) is 5.92 Å². The average Bonchev–Trinajstić information content (AvgIpc) is 2.80. The predicted octanol–water partition coefficient (Wildman–Crippen LogP) is 2.68. The van der Waals surface area contributed by atoms with Crippen LogP contribution in [-0.2, 0) is 23.9 Å². The first-order chi connectivity index (χ1) is 10.9. The van der Waals surface area contributed by atoms with E-state index in [1.54, 1.807) is 38.1 Å². The van der Waals surface area contributed by atoms with Crippen molar-refractivity contribution in [1.29, 1.82) is 0 Å². The van der Waals surface area contributed by atoms with Gasteiger partial charge in [-0.3, -0.25) is 9.59 Å². The minimum atomic E-state index is -0.957. The second-order valence-corrected chi connectivity index (χ2v) is 5.38. The lowest BCUT2D eigenvalue weighted by atomic mass is 9.95. The Morgan fingerprint density at radius 3 is 2.52 bits per heavy atom. The highest BCUT2D eigenvalue weighted by Gasteiger charge is 2.40. The molecule has 2 rings (SSSR count). The number of hydrogen-bond donors (Lipinski definition) is 1. The molecule has 1 atom stereocenters. The van der Waals surface area contributed by atoms with E-state index in [1.807, 2.05) is 0 Å². The van der Waals surface area contributed by atoms with Crippen LogP contribution < -0.4 is 5.32 Å². The molecule has 6 nitrogen and oxygen atoms in total. The van der Waals surface area contributed by atoms with Gasteiger partial charge >= 0.3 is 17.9 Å². The standard InChI is InChI=1S/C16H16ClNO5/c1-3-22-16(21)14(12-8-13(19)23-15(12)20)9(2)18-11-6-4-10(17)5-7-11/h4-7,12,18H,3,8H2,1-2H3/b14-9+/t12-/m0/s1. The maximum Gasteiger partial charge on any atom is 0.336 e. The van der Waals surface area contributed by atoms with Crippen LogP contribution in [0.5, 0.6) is 0 Å². The van der Waals surface area contributed by atoms with Gasteiger partial charge in [-0.1, -0.05) is 11.6 Å². The monoisotopic (exact) mass is 337 g/mol. The summed E-state index contributed by atoms with van der Waals surface area (Å²) in [6.07, 6.45) is -0.174. The van der Waals surface area contributed by atoms with Gasteiger partial charge in [0.2, 0.25) is 0 Å². The molecule has 0 spiro atoms. The van der Waals surface area contributed by atoms with Crippen molar-refractivity contribution < 1.29 is 23.9 Å². The molecule has 122 valence electrons. The molecule has 0 bridgehead atoms. The summed E-state index contributed by atoms with van der Waals surface area (Å²) >= 11 is 5.83. The summed E-state index contributed by atoms with van der Waals surface area (Å²) in [7, 11) is 0. The SMILES string of the molecule is CCOC(=O)/C(=C(\C)Nc1ccc(Cl)cc1)[C@@H]1CC(=O)OC1=O. The maximum absolute atomic E-state index is 12.2. The molecule has 0 amide bonds. The van der Waals surface area contributed by atoms with Gasteiger partial charge < -0.3 is 14.8 Å². The van der Waals surface area contributed by atoms with Gasteiger partial charge in [-0.05, 0) is 38.1 Å². The van der Waals surface area contributed by atoms with Crippen LogP contribution in [0.2, 0.25) is 5.02 Å². The molecular formula is C16H16ClNO5. The Kier molecular flexibility index (Phi) is 5.39. The van der Waals surface area contributed by atoms with E-state index in [9.17, 15) is 14.4 Å². The number of benzene rings is 1. The lowest BCUT2D eigenvalue weighted by Crippen LogP contribution is -2.23. The predicted molar refractivity (Wildman–Crippen MR) is 83.6 cm³/mol. The molecule has 1 aliphatic rings. The van der Waals surface area contributed by atoms with Crippen LogP contribution in [0.3, 0.4) is 0 Å². The summed E-state index contributed by atoms with van der Waals surface area (Å²) in [6, 6.07) is 6.84. The van der Waals surface area contributed by atoms with Crippen LogP contribution in [0.25, 0.3) is 0 Å². The molecule has 0 aromatic heterocycles. The van der Waals surface area contributed by atoms with Gasteiger partial charge in [0.25, 0.3) is 0 Å². The molecule has 0 radical (unpaired) electrons. The van der Waals surface area contributed by atoms with E-state index in [-0.39, 0.29) is 18.6 Å². The number of hydrogen-bond acceptors (Lipinski definition) is 6. The van der Waals surface area contributed by atoms with Crippen molar-refractivity contribution in [3.63, 3.8) is 0 Å². The number of halogens is 1. The largest absolute Gasteiger partial charge is 0.463 e. The Morgan fingerprint density at radius 2 is 2.00 bits per heavy atom. The number of allylic oxidation sites excluding steroid dienone is 1. The molecule has 1 aromatic rings. The quantitative estimate of drug-likeness (QED) is 0.505. The van der Waals surface area contributed by atoms with Crippen LogP contribution in [-0.4, -0.2) is 24.5 Å². The molecule has 0 saturated carbocycles. The van der Waals surface area contributed by atoms with Crippen molar-refractivity contribution in [3.05, 3.63) is 40.6 Å². The van der Waals surface area contributed by atoms with E-state index < -0.39 is 23.8 Å². The zero-order valence-corrected chi connectivity index (χ0v) is 13.5. The first kappa shape index (κ1) is 17.0. The fourth-order valence-electron chi connectivity index (χ4n) is 2.28. The molecule has 23 heavy (non-hydrogen) atoms. The van der Waals surface area contributed by atoms with Gasteiger partial charge in [0.05, 0.1) is 18.6 Å². The Hall–Kier alpha value is -2.34. The number of nitrogens with one attached hydrogen (secondary N) is 1. The molecule has 1 aromatic carbocycles. The molecular weight excluding hydrogens is 322 g/mol. The summed E-state index contributed by atoms with van der Waals surface area (Å²) in [6.45, 7) is 3.46. The number of esters is 3. The molecule has 1 fully saturated rings. The molecule has 1 aliphatic heterocycles. The van der Waals surface area contributed by atoms with Crippen molar-refractivity contribution in [1.82, 2.24) is 0 Å². The Balaban J connectivity index is 2.34. The van der Waals surface area contributed by atoms with E-state index in [2.05, 4.69) is 10.1 Å². The molecule has 0 unspecified atom stereocenters. The summed E-state index contributed by atoms with van der Waals surface area (Å²) in [5.41, 5.74) is 1.20. The molecule has 1 N–H and O–H groups in total. The number of anilines is 1. The van der Waals surface area contributed by atoms with Crippen molar-refractivity contribution in [2.45, 2.75) is 20.3 Å². The van der Waals surface area contributed by atoms with Crippen LogP contribution >= 0.6 is 11.6 Å². The Morgan fingerprint density at radius 1 is 1.35 bits per heavy atom.